The molecule has 1 saturated carbocycles. The van der Waals surface area contributed by atoms with E-state index in [2.05, 4.69) is 17.2 Å². The van der Waals surface area contributed by atoms with Crippen LogP contribution in [0.3, 0.4) is 0 Å². The normalized spacial score (nSPS) is 16.6. The van der Waals surface area contributed by atoms with E-state index < -0.39 is 0 Å². The average molecular weight is 219 g/mol. The number of carbonyl (C=O) groups excluding carboxylic acids is 1. The van der Waals surface area contributed by atoms with E-state index >= 15 is 0 Å². The molecule has 1 rings (SSSR count). The molecule has 2 N–H and O–H groups in total. The molecular weight excluding hydrogens is 202 g/mol. The Hall–Kier alpha value is -1.76. The molecule has 0 heterocycles. The Morgan fingerprint density at radius 2 is 2.19 bits per heavy atom. The van der Waals surface area contributed by atoms with Crippen molar-refractivity contribution < 1.29 is 4.79 Å². The van der Waals surface area contributed by atoms with Crippen molar-refractivity contribution in [3.8, 4) is 6.07 Å². The summed E-state index contributed by atoms with van der Waals surface area (Å²) >= 11 is 0. The summed E-state index contributed by atoms with van der Waals surface area (Å²) < 4.78 is 0. The van der Waals surface area contributed by atoms with Crippen LogP contribution in [0, 0.1) is 11.3 Å². The average Bonchev–Trinajstić information content (AvgIpc) is 2.77. The highest BCUT2D eigenvalue weighted by atomic mass is 16.1. The van der Waals surface area contributed by atoms with Crippen LogP contribution in [-0.2, 0) is 4.79 Å². The maximum Gasteiger partial charge on any atom is 0.263 e. The number of nitrogens with one attached hydrogen (secondary N) is 2. The Morgan fingerprint density at radius 1 is 1.50 bits per heavy atom. The number of rotatable bonds is 5. The number of nitriles is 1. The first kappa shape index (κ1) is 12.3. The fourth-order valence-corrected chi connectivity index (χ4v) is 1.73. The molecule has 0 unspecified atom stereocenters. The third kappa shape index (κ3) is 3.77. The molecule has 0 spiro atoms. The van der Waals surface area contributed by atoms with Crippen molar-refractivity contribution >= 4 is 5.91 Å². The minimum atomic E-state index is -0.286. The maximum absolute atomic E-state index is 11.7. The first-order valence-corrected chi connectivity index (χ1v) is 5.53. The minimum Gasteiger partial charge on any atom is -0.386 e. The third-order valence-corrected chi connectivity index (χ3v) is 2.56. The van der Waals surface area contributed by atoms with Gasteiger partial charge in [-0.1, -0.05) is 18.9 Å². The van der Waals surface area contributed by atoms with Gasteiger partial charge in [-0.3, -0.25) is 4.79 Å². The van der Waals surface area contributed by atoms with E-state index in [1.807, 2.05) is 6.07 Å². The second kappa shape index (κ2) is 6.67. The largest absolute Gasteiger partial charge is 0.386 e. The van der Waals surface area contributed by atoms with Crippen LogP contribution in [-0.4, -0.2) is 18.5 Å². The molecule has 4 nitrogen and oxygen atoms in total. The molecule has 0 aromatic carbocycles. The zero-order chi connectivity index (χ0) is 11.8. The van der Waals surface area contributed by atoms with Crippen molar-refractivity contribution in [2.24, 2.45) is 0 Å². The Labute approximate surface area is 96.0 Å². The smallest absolute Gasteiger partial charge is 0.263 e. The lowest BCUT2D eigenvalue weighted by Gasteiger charge is -2.10. The summed E-state index contributed by atoms with van der Waals surface area (Å²) in [6.07, 6.45) is 7.46. The van der Waals surface area contributed by atoms with E-state index in [-0.39, 0.29) is 17.5 Å². The summed E-state index contributed by atoms with van der Waals surface area (Å²) in [6.45, 7) is 4.08. The van der Waals surface area contributed by atoms with Gasteiger partial charge in [-0.2, -0.15) is 5.26 Å². The highest BCUT2D eigenvalue weighted by Crippen LogP contribution is 2.17. The molecule has 0 radical (unpaired) electrons. The van der Waals surface area contributed by atoms with Crippen molar-refractivity contribution in [3.05, 3.63) is 24.4 Å². The fourth-order valence-electron chi connectivity index (χ4n) is 1.73. The number of nitrogens with zero attached hydrogens (tertiary/aromatic N) is 1. The van der Waals surface area contributed by atoms with Crippen molar-refractivity contribution in [1.29, 1.82) is 5.26 Å². The zero-order valence-corrected chi connectivity index (χ0v) is 9.33. The predicted molar refractivity (Wildman–Crippen MR) is 62.3 cm³/mol. The standard InChI is InChI=1S/C12H17N3O/c1-2-7-14-9-10(8-13)12(16)15-11-5-3-4-6-11/h2,9,11,14H,1,3-7H2,(H,15,16)/b10-9-. The molecule has 0 bridgehead atoms. The second-order valence-electron chi connectivity index (χ2n) is 3.82. The van der Waals surface area contributed by atoms with Gasteiger partial charge in [0.2, 0.25) is 0 Å². The minimum absolute atomic E-state index is 0.119. The Kier molecular flexibility index (Phi) is 5.13. The number of hydrogen-bond donors (Lipinski definition) is 2. The van der Waals surface area contributed by atoms with Gasteiger partial charge in [-0.05, 0) is 12.8 Å². The quantitative estimate of drug-likeness (QED) is 0.316. The SMILES string of the molecule is C=CCN/C=C(/C#N)C(=O)NC1CCCC1. The molecule has 0 saturated heterocycles. The van der Waals surface area contributed by atoms with Crippen LogP contribution in [0.1, 0.15) is 25.7 Å². The van der Waals surface area contributed by atoms with Crippen LogP contribution >= 0.6 is 0 Å². The number of carbonyl (C=O) groups is 1. The molecule has 0 aromatic heterocycles. The van der Waals surface area contributed by atoms with Crippen molar-refractivity contribution in [2.45, 2.75) is 31.7 Å². The summed E-state index contributed by atoms with van der Waals surface area (Å²) in [5.41, 5.74) is 0.119. The summed E-state index contributed by atoms with van der Waals surface area (Å²) in [5, 5.41) is 14.5. The lowest BCUT2D eigenvalue weighted by atomic mass is 10.2. The van der Waals surface area contributed by atoms with E-state index in [0.717, 1.165) is 25.7 Å². The summed E-state index contributed by atoms with van der Waals surface area (Å²) in [7, 11) is 0. The molecular formula is C12H17N3O. The van der Waals surface area contributed by atoms with E-state index in [1.54, 1.807) is 6.08 Å². The van der Waals surface area contributed by atoms with Gasteiger partial charge in [0.15, 0.2) is 0 Å². The van der Waals surface area contributed by atoms with Gasteiger partial charge in [-0.15, -0.1) is 6.58 Å². The first-order valence-electron chi connectivity index (χ1n) is 5.53. The summed E-state index contributed by atoms with van der Waals surface area (Å²) in [4.78, 5) is 11.7. The Morgan fingerprint density at radius 3 is 2.75 bits per heavy atom. The van der Waals surface area contributed by atoms with Crippen LogP contribution in [0.4, 0.5) is 0 Å². The molecule has 1 aliphatic carbocycles. The van der Waals surface area contributed by atoms with Gasteiger partial charge < -0.3 is 10.6 Å². The van der Waals surface area contributed by atoms with Crippen LogP contribution in [0.5, 0.6) is 0 Å². The predicted octanol–water partition coefficient (Wildman–Crippen LogP) is 1.23. The molecule has 0 aromatic rings. The van der Waals surface area contributed by atoms with Gasteiger partial charge >= 0.3 is 0 Å². The molecule has 0 aliphatic heterocycles. The maximum atomic E-state index is 11.7. The second-order valence-corrected chi connectivity index (χ2v) is 3.82. The van der Waals surface area contributed by atoms with Crippen molar-refractivity contribution in [3.63, 3.8) is 0 Å². The molecule has 1 aliphatic rings. The van der Waals surface area contributed by atoms with Crippen LogP contribution in [0.2, 0.25) is 0 Å². The van der Waals surface area contributed by atoms with E-state index in [1.165, 1.54) is 6.20 Å². The lowest BCUT2D eigenvalue weighted by molar-refractivity contribution is -0.117. The van der Waals surface area contributed by atoms with Crippen LogP contribution in [0.25, 0.3) is 0 Å². The topological polar surface area (TPSA) is 64.9 Å². The van der Waals surface area contributed by atoms with Crippen LogP contribution in [0.15, 0.2) is 24.4 Å². The van der Waals surface area contributed by atoms with E-state index in [0.29, 0.717) is 6.54 Å². The Balaban J connectivity index is 2.45. The van der Waals surface area contributed by atoms with Crippen LogP contribution < -0.4 is 10.6 Å². The molecule has 1 amide bonds. The highest BCUT2D eigenvalue weighted by molar-refractivity contribution is 5.97. The van der Waals surface area contributed by atoms with E-state index in [9.17, 15) is 4.79 Å². The van der Waals surface area contributed by atoms with Crippen molar-refractivity contribution in [2.75, 3.05) is 6.54 Å². The Bertz CT molecular complexity index is 322. The molecule has 1 fully saturated rings. The lowest BCUT2D eigenvalue weighted by Crippen LogP contribution is -2.33. The van der Waals surface area contributed by atoms with E-state index in [4.69, 9.17) is 5.26 Å². The molecule has 16 heavy (non-hydrogen) atoms. The molecule has 0 atom stereocenters. The zero-order valence-electron chi connectivity index (χ0n) is 9.33. The number of amides is 1. The first-order chi connectivity index (χ1) is 7.77. The van der Waals surface area contributed by atoms with Crippen molar-refractivity contribution in [1.82, 2.24) is 10.6 Å². The van der Waals surface area contributed by atoms with Gasteiger partial charge in [-0.25, -0.2) is 0 Å². The van der Waals surface area contributed by atoms with Gasteiger partial charge in [0.05, 0.1) is 0 Å². The van der Waals surface area contributed by atoms with Gasteiger partial charge in [0, 0.05) is 18.8 Å². The highest BCUT2D eigenvalue weighted by Gasteiger charge is 2.18. The molecule has 86 valence electrons. The number of hydrogen-bond acceptors (Lipinski definition) is 3. The summed E-state index contributed by atoms with van der Waals surface area (Å²) in [6, 6.07) is 2.13. The third-order valence-electron chi connectivity index (χ3n) is 2.56. The van der Waals surface area contributed by atoms with Gasteiger partial charge in [0.1, 0.15) is 11.6 Å². The monoisotopic (exact) mass is 219 g/mol. The molecule has 4 heteroatoms. The summed E-state index contributed by atoms with van der Waals surface area (Å²) in [5.74, 6) is -0.286. The van der Waals surface area contributed by atoms with Gasteiger partial charge in [0.25, 0.3) is 5.91 Å². The fraction of sp³-hybridized carbons (Fsp3) is 0.500.